The van der Waals surface area contributed by atoms with E-state index in [9.17, 15) is 8.78 Å². The monoisotopic (exact) mass is 325 g/mol. The third-order valence-corrected chi connectivity index (χ3v) is 3.35. The Kier molecular flexibility index (Phi) is 4.81. The smallest absolute Gasteiger partial charge is 0.388 e. The van der Waals surface area contributed by atoms with Crippen LogP contribution in [0.3, 0.4) is 0 Å². The molecule has 1 aliphatic heterocycles. The molecule has 4 N–H and O–H groups in total. The van der Waals surface area contributed by atoms with Crippen LogP contribution in [0, 0.1) is 0 Å². The average Bonchev–Trinajstić information content (AvgIpc) is 2.95. The minimum Gasteiger partial charge on any atom is -0.417 e. The number of anilines is 3. The van der Waals surface area contributed by atoms with Gasteiger partial charge in [-0.2, -0.15) is 13.9 Å². The Morgan fingerprint density at radius 3 is 2.74 bits per heavy atom. The molecule has 0 bridgehead atoms. The first-order chi connectivity index (χ1) is 11.2. The van der Waals surface area contributed by atoms with Crippen molar-refractivity contribution < 1.29 is 13.5 Å². The van der Waals surface area contributed by atoms with Crippen molar-refractivity contribution in [3.05, 3.63) is 18.5 Å². The topological polar surface area (TPSA) is 99.8 Å². The molecular weight excluding hydrogens is 308 g/mol. The highest BCUT2D eigenvalue weighted by atomic mass is 19.3. The van der Waals surface area contributed by atoms with E-state index >= 15 is 0 Å². The Hall–Kier alpha value is -2.49. The highest BCUT2D eigenvalue weighted by molar-refractivity contribution is 5.53. The second-order valence-electron chi connectivity index (χ2n) is 5.08. The van der Waals surface area contributed by atoms with Crippen molar-refractivity contribution in [1.82, 2.24) is 25.5 Å². The lowest BCUT2D eigenvalue weighted by molar-refractivity contribution is -0.0528. The van der Waals surface area contributed by atoms with Crippen LogP contribution in [-0.4, -0.2) is 45.9 Å². The zero-order valence-corrected chi connectivity index (χ0v) is 12.2. The van der Waals surface area contributed by atoms with Crippen LogP contribution in [0.15, 0.2) is 18.5 Å². The van der Waals surface area contributed by atoms with Crippen LogP contribution in [0.5, 0.6) is 5.88 Å². The Balaban J connectivity index is 1.61. The van der Waals surface area contributed by atoms with Crippen molar-refractivity contribution in [2.75, 3.05) is 23.7 Å². The van der Waals surface area contributed by atoms with Crippen LogP contribution in [0.1, 0.15) is 12.8 Å². The van der Waals surface area contributed by atoms with Crippen LogP contribution in [0.2, 0.25) is 0 Å². The molecule has 1 fully saturated rings. The Morgan fingerprint density at radius 1 is 1.17 bits per heavy atom. The number of rotatable bonds is 6. The van der Waals surface area contributed by atoms with Crippen molar-refractivity contribution in [2.24, 2.45) is 0 Å². The third-order valence-electron chi connectivity index (χ3n) is 3.35. The first-order valence-electron chi connectivity index (χ1n) is 7.25. The lowest BCUT2D eigenvalue weighted by atomic mass is 10.1. The summed E-state index contributed by atoms with van der Waals surface area (Å²) in [5.41, 5.74) is 0. The minimum atomic E-state index is -2.90. The fraction of sp³-hybridized carbons (Fsp3) is 0.462. The van der Waals surface area contributed by atoms with E-state index in [4.69, 9.17) is 0 Å². The van der Waals surface area contributed by atoms with Gasteiger partial charge in [0.2, 0.25) is 5.88 Å². The van der Waals surface area contributed by atoms with E-state index in [1.54, 1.807) is 6.20 Å². The number of halogens is 2. The van der Waals surface area contributed by atoms with E-state index in [1.165, 1.54) is 12.3 Å². The second-order valence-corrected chi connectivity index (χ2v) is 5.08. The summed E-state index contributed by atoms with van der Waals surface area (Å²) in [7, 11) is 0. The third kappa shape index (κ3) is 4.49. The van der Waals surface area contributed by atoms with Gasteiger partial charge in [-0.05, 0) is 25.9 Å². The van der Waals surface area contributed by atoms with Gasteiger partial charge >= 0.3 is 6.61 Å². The van der Waals surface area contributed by atoms with Crippen LogP contribution >= 0.6 is 0 Å². The number of nitrogens with zero attached hydrogens (tertiary/aromatic N) is 3. The summed E-state index contributed by atoms with van der Waals surface area (Å²) in [5, 5.41) is 15.7. The highest BCUT2D eigenvalue weighted by Crippen LogP contribution is 2.19. The molecule has 0 amide bonds. The largest absolute Gasteiger partial charge is 0.417 e. The summed E-state index contributed by atoms with van der Waals surface area (Å²) in [6.45, 7) is -0.951. The first kappa shape index (κ1) is 15.4. The maximum absolute atomic E-state index is 12.1. The molecule has 0 aromatic carbocycles. The molecule has 0 radical (unpaired) electrons. The summed E-state index contributed by atoms with van der Waals surface area (Å²) in [4.78, 5) is 8.49. The van der Waals surface area contributed by atoms with Crippen LogP contribution in [0.25, 0.3) is 0 Å². The van der Waals surface area contributed by atoms with Crippen LogP contribution in [0.4, 0.5) is 26.2 Å². The number of ether oxygens (including phenoxy) is 1. The molecular formula is C13H17F2N7O. The van der Waals surface area contributed by atoms with Gasteiger partial charge in [0.15, 0.2) is 11.6 Å². The maximum atomic E-state index is 12.1. The Morgan fingerprint density at radius 2 is 1.96 bits per heavy atom. The van der Waals surface area contributed by atoms with Crippen molar-refractivity contribution >= 4 is 17.5 Å². The van der Waals surface area contributed by atoms with E-state index in [2.05, 4.69) is 40.9 Å². The summed E-state index contributed by atoms with van der Waals surface area (Å²) in [5.74, 6) is 1.30. The number of hydrogen-bond acceptors (Lipinski definition) is 7. The fourth-order valence-corrected chi connectivity index (χ4v) is 2.33. The predicted molar refractivity (Wildman–Crippen MR) is 80.0 cm³/mol. The molecule has 3 heterocycles. The molecule has 124 valence electrons. The molecule has 3 rings (SSSR count). The SMILES string of the molecule is FC(F)Oc1cc(Nc2cncc(NC3CCNCC3)n2)n[nH]1. The second kappa shape index (κ2) is 7.18. The normalized spacial score (nSPS) is 15.6. The summed E-state index contributed by atoms with van der Waals surface area (Å²) in [6.07, 6.45) is 5.21. The lowest BCUT2D eigenvalue weighted by Crippen LogP contribution is -2.35. The zero-order chi connectivity index (χ0) is 16.1. The molecule has 8 nitrogen and oxygen atoms in total. The van der Waals surface area contributed by atoms with Crippen molar-refractivity contribution in [1.29, 1.82) is 0 Å². The van der Waals surface area contributed by atoms with Gasteiger partial charge in [0.1, 0.15) is 5.82 Å². The molecule has 0 unspecified atom stereocenters. The summed E-state index contributed by atoms with van der Waals surface area (Å²) >= 11 is 0. The number of H-pyrrole nitrogens is 1. The van der Waals surface area contributed by atoms with Crippen LogP contribution in [-0.2, 0) is 0 Å². The summed E-state index contributed by atoms with van der Waals surface area (Å²) < 4.78 is 28.4. The van der Waals surface area contributed by atoms with Crippen molar-refractivity contribution in [2.45, 2.75) is 25.5 Å². The quantitative estimate of drug-likeness (QED) is 0.641. The highest BCUT2D eigenvalue weighted by Gasteiger charge is 2.13. The van der Waals surface area contributed by atoms with Crippen LogP contribution < -0.4 is 20.7 Å². The van der Waals surface area contributed by atoms with Gasteiger partial charge < -0.3 is 20.7 Å². The summed E-state index contributed by atoms with van der Waals surface area (Å²) in [6, 6.07) is 1.68. The molecule has 2 aromatic heterocycles. The van der Waals surface area contributed by atoms with Gasteiger partial charge in [-0.25, -0.2) is 10.1 Å². The van der Waals surface area contributed by atoms with Gasteiger partial charge in [0.05, 0.1) is 12.4 Å². The van der Waals surface area contributed by atoms with E-state index < -0.39 is 6.61 Å². The van der Waals surface area contributed by atoms with Gasteiger partial charge in [-0.15, -0.1) is 0 Å². The maximum Gasteiger partial charge on any atom is 0.388 e. The van der Waals surface area contributed by atoms with Gasteiger partial charge in [-0.1, -0.05) is 0 Å². The number of piperidine rings is 1. The van der Waals surface area contributed by atoms with Crippen molar-refractivity contribution in [3.63, 3.8) is 0 Å². The Bertz CT molecular complexity index is 630. The number of aromatic amines is 1. The fourth-order valence-electron chi connectivity index (χ4n) is 2.33. The standard InChI is InChI=1S/C13H17F2N7O/c14-13(15)23-12-5-9(21-22-12)19-11-7-17-6-10(20-11)18-8-1-3-16-4-2-8/h5-8,13,16H,1-4H2,(H3,18,19,20,21,22). The van der Waals surface area contributed by atoms with E-state index in [0.717, 1.165) is 25.9 Å². The average molecular weight is 325 g/mol. The molecule has 0 spiro atoms. The molecule has 23 heavy (non-hydrogen) atoms. The predicted octanol–water partition coefficient (Wildman–Crippen LogP) is 1.71. The molecule has 0 aliphatic carbocycles. The molecule has 1 aliphatic rings. The van der Waals surface area contributed by atoms with Gasteiger partial charge in [0, 0.05) is 12.1 Å². The zero-order valence-electron chi connectivity index (χ0n) is 12.2. The minimum absolute atomic E-state index is 0.126. The number of alkyl halides is 2. The molecule has 0 saturated carbocycles. The van der Waals surface area contributed by atoms with E-state index in [-0.39, 0.29) is 5.88 Å². The van der Waals surface area contributed by atoms with Gasteiger partial charge in [-0.3, -0.25) is 4.98 Å². The molecule has 10 heteroatoms. The van der Waals surface area contributed by atoms with Crippen molar-refractivity contribution in [3.8, 4) is 5.88 Å². The first-order valence-corrected chi connectivity index (χ1v) is 7.25. The van der Waals surface area contributed by atoms with E-state index in [1.807, 2.05) is 0 Å². The number of aromatic nitrogens is 4. The Labute approximate surface area is 131 Å². The molecule has 1 saturated heterocycles. The molecule has 2 aromatic rings. The van der Waals surface area contributed by atoms with E-state index in [0.29, 0.717) is 23.5 Å². The number of hydrogen-bond donors (Lipinski definition) is 4. The van der Waals surface area contributed by atoms with Gasteiger partial charge in [0.25, 0.3) is 0 Å². The molecule has 0 atom stereocenters. The number of nitrogens with one attached hydrogen (secondary N) is 4. The lowest BCUT2D eigenvalue weighted by Gasteiger charge is -2.24.